The summed E-state index contributed by atoms with van der Waals surface area (Å²) in [5.74, 6) is 0.321. The van der Waals surface area contributed by atoms with E-state index in [0.29, 0.717) is 0 Å². The Labute approximate surface area is 126 Å². The Morgan fingerprint density at radius 3 is 2.59 bits per heavy atom. The highest BCUT2D eigenvalue weighted by Crippen LogP contribution is 2.33. The van der Waals surface area contributed by atoms with Crippen molar-refractivity contribution in [3.05, 3.63) is 23.8 Å². The molecule has 1 N–H and O–H groups in total. The summed E-state index contributed by atoms with van der Waals surface area (Å²) < 4.78 is 46.4. The molecule has 0 saturated heterocycles. The first-order valence-corrected chi connectivity index (χ1v) is 6.98. The smallest absolute Gasteiger partial charge is 0.422 e. The summed E-state index contributed by atoms with van der Waals surface area (Å²) in [6.45, 7) is 0.433. The van der Waals surface area contributed by atoms with E-state index < -0.39 is 12.8 Å². The van der Waals surface area contributed by atoms with Gasteiger partial charge in [-0.15, -0.1) is 0 Å². The van der Waals surface area contributed by atoms with E-state index in [2.05, 4.69) is 5.32 Å². The molecule has 1 aromatic rings. The number of methoxy groups -OCH3 is 1. The maximum atomic E-state index is 12.2. The first kappa shape index (κ1) is 16.5. The van der Waals surface area contributed by atoms with Gasteiger partial charge in [0.25, 0.3) is 0 Å². The lowest BCUT2D eigenvalue weighted by Gasteiger charge is -2.17. The van der Waals surface area contributed by atoms with Crippen LogP contribution in [0.1, 0.15) is 31.4 Å². The monoisotopic (exact) mass is 317 g/mol. The molecule has 1 amide bonds. The largest absolute Gasteiger partial charge is 0.493 e. The highest BCUT2D eigenvalue weighted by atomic mass is 19.4. The van der Waals surface area contributed by atoms with Crippen LogP contribution >= 0.6 is 0 Å². The number of ether oxygens (including phenoxy) is 2. The van der Waals surface area contributed by atoms with Crippen LogP contribution in [0.5, 0.6) is 11.5 Å². The van der Waals surface area contributed by atoms with Crippen LogP contribution in [0.15, 0.2) is 18.2 Å². The summed E-state index contributed by atoms with van der Waals surface area (Å²) in [6, 6.07) is 4.36. The summed E-state index contributed by atoms with van der Waals surface area (Å²) in [5, 5.41) is 2.87. The third-order valence-electron chi connectivity index (χ3n) is 3.39. The summed E-state index contributed by atoms with van der Waals surface area (Å²) in [4.78, 5) is 11.7. The van der Waals surface area contributed by atoms with Gasteiger partial charge in [-0.2, -0.15) is 13.2 Å². The van der Waals surface area contributed by atoms with Crippen LogP contribution in [-0.4, -0.2) is 25.8 Å². The molecule has 0 radical (unpaired) electrons. The summed E-state index contributed by atoms with van der Waals surface area (Å²) in [7, 11) is 1.35. The van der Waals surface area contributed by atoms with Crippen molar-refractivity contribution >= 4 is 5.91 Å². The zero-order chi connectivity index (χ0) is 16.3. The minimum atomic E-state index is -4.41. The molecule has 0 spiro atoms. The van der Waals surface area contributed by atoms with Crippen molar-refractivity contribution < 1.29 is 27.4 Å². The number of benzene rings is 1. The third kappa shape index (κ3) is 4.54. The van der Waals surface area contributed by atoms with Gasteiger partial charge >= 0.3 is 6.18 Å². The van der Waals surface area contributed by atoms with Gasteiger partial charge in [0.2, 0.25) is 5.91 Å². The Hall–Kier alpha value is -1.92. The Kier molecular flexibility index (Phi) is 4.83. The Bertz CT molecular complexity index is 541. The maximum absolute atomic E-state index is 12.2. The molecule has 1 aromatic carbocycles. The van der Waals surface area contributed by atoms with Crippen molar-refractivity contribution in [2.45, 2.75) is 32.0 Å². The van der Waals surface area contributed by atoms with E-state index in [4.69, 9.17) is 9.47 Å². The lowest BCUT2D eigenvalue weighted by Crippen LogP contribution is -2.27. The fourth-order valence-corrected chi connectivity index (χ4v) is 1.99. The SMILES string of the molecule is COc1cc(C(C)NC(=O)C2CC2)ccc1OCC(F)(F)F. The van der Waals surface area contributed by atoms with Crippen molar-refractivity contribution in [3.63, 3.8) is 0 Å². The number of carbonyl (C=O) groups excluding carboxylic acids is 1. The molecule has 0 bridgehead atoms. The van der Waals surface area contributed by atoms with Gasteiger partial charge in [0.1, 0.15) is 0 Å². The van der Waals surface area contributed by atoms with Gasteiger partial charge in [-0.3, -0.25) is 4.79 Å². The van der Waals surface area contributed by atoms with Gasteiger partial charge in [-0.25, -0.2) is 0 Å². The van der Waals surface area contributed by atoms with Crippen LogP contribution in [0.3, 0.4) is 0 Å². The molecule has 4 nitrogen and oxygen atoms in total. The lowest BCUT2D eigenvalue weighted by molar-refractivity contribution is -0.153. The van der Waals surface area contributed by atoms with Crippen LogP contribution in [0.2, 0.25) is 0 Å². The molecule has 1 saturated carbocycles. The predicted molar refractivity (Wildman–Crippen MR) is 73.8 cm³/mol. The molecule has 1 aliphatic rings. The van der Waals surface area contributed by atoms with E-state index in [9.17, 15) is 18.0 Å². The molecule has 2 rings (SSSR count). The van der Waals surface area contributed by atoms with E-state index in [0.717, 1.165) is 18.4 Å². The number of alkyl halides is 3. The third-order valence-corrected chi connectivity index (χ3v) is 3.39. The van der Waals surface area contributed by atoms with Crippen LogP contribution in [0.25, 0.3) is 0 Å². The molecule has 22 heavy (non-hydrogen) atoms. The molecule has 0 aromatic heterocycles. The average molecular weight is 317 g/mol. The number of halogens is 3. The first-order valence-electron chi connectivity index (χ1n) is 6.98. The highest BCUT2D eigenvalue weighted by Gasteiger charge is 2.31. The number of rotatable bonds is 6. The quantitative estimate of drug-likeness (QED) is 0.876. The van der Waals surface area contributed by atoms with E-state index in [1.165, 1.54) is 13.2 Å². The fourth-order valence-electron chi connectivity index (χ4n) is 1.99. The van der Waals surface area contributed by atoms with E-state index in [-0.39, 0.29) is 29.4 Å². The van der Waals surface area contributed by atoms with Crippen LogP contribution in [0.4, 0.5) is 13.2 Å². The number of hydrogen-bond donors (Lipinski definition) is 1. The number of nitrogens with one attached hydrogen (secondary N) is 1. The molecule has 1 atom stereocenters. The molecule has 1 unspecified atom stereocenters. The van der Waals surface area contributed by atoms with Crippen molar-refractivity contribution in [1.29, 1.82) is 0 Å². The topological polar surface area (TPSA) is 47.6 Å². The van der Waals surface area contributed by atoms with Gasteiger partial charge in [0.15, 0.2) is 18.1 Å². The molecular formula is C15H18F3NO3. The second-order valence-electron chi connectivity index (χ2n) is 5.32. The second kappa shape index (κ2) is 6.46. The number of carbonyl (C=O) groups is 1. The van der Waals surface area contributed by atoms with Gasteiger partial charge in [0, 0.05) is 5.92 Å². The highest BCUT2D eigenvalue weighted by molar-refractivity contribution is 5.81. The maximum Gasteiger partial charge on any atom is 0.422 e. The van der Waals surface area contributed by atoms with Crippen LogP contribution < -0.4 is 14.8 Å². The summed E-state index contributed by atoms with van der Waals surface area (Å²) in [5.41, 5.74) is 0.741. The van der Waals surface area contributed by atoms with Crippen LogP contribution in [0, 0.1) is 5.92 Å². The number of hydrogen-bond acceptors (Lipinski definition) is 3. The van der Waals surface area contributed by atoms with Crippen molar-refractivity contribution in [2.75, 3.05) is 13.7 Å². The Morgan fingerprint density at radius 2 is 2.05 bits per heavy atom. The minimum Gasteiger partial charge on any atom is -0.493 e. The normalized spacial score (nSPS) is 16.0. The molecule has 0 aliphatic heterocycles. The molecule has 1 fully saturated rings. The molecular weight excluding hydrogens is 299 g/mol. The van der Waals surface area contributed by atoms with E-state index >= 15 is 0 Å². The van der Waals surface area contributed by atoms with Gasteiger partial charge in [0.05, 0.1) is 13.2 Å². The van der Waals surface area contributed by atoms with Crippen molar-refractivity contribution in [3.8, 4) is 11.5 Å². The van der Waals surface area contributed by atoms with E-state index in [1.807, 2.05) is 6.92 Å². The fraction of sp³-hybridized carbons (Fsp3) is 0.533. The van der Waals surface area contributed by atoms with Crippen molar-refractivity contribution in [2.24, 2.45) is 5.92 Å². The number of amides is 1. The first-order chi connectivity index (χ1) is 10.3. The Morgan fingerprint density at radius 1 is 1.36 bits per heavy atom. The van der Waals surface area contributed by atoms with E-state index in [1.54, 1.807) is 12.1 Å². The van der Waals surface area contributed by atoms with Gasteiger partial charge in [-0.05, 0) is 37.5 Å². The molecule has 0 heterocycles. The van der Waals surface area contributed by atoms with Crippen LogP contribution in [-0.2, 0) is 4.79 Å². The predicted octanol–water partition coefficient (Wildman–Crippen LogP) is 3.22. The molecule has 1 aliphatic carbocycles. The average Bonchev–Trinajstić information content (AvgIpc) is 3.28. The zero-order valence-corrected chi connectivity index (χ0v) is 12.4. The Balaban J connectivity index is 2.05. The summed E-state index contributed by atoms with van der Waals surface area (Å²) in [6.07, 6.45) is -2.59. The summed E-state index contributed by atoms with van der Waals surface area (Å²) >= 11 is 0. The van der Waals surface area contributed by atoms with Gasteiger partial charge < -0.3 is 14.8 Å². The zero-order valence-electron chi connectivity index (χ0n) is 12.4. The van der Waals surface area contributed by atoms with Crippen molar-refractivity contribution in [1.82, 2.24) is 5.32 Å². The standard InChI is InChI=1S/C15H18F3NO3/c1-9(19-14(20)10-3-4-10)11-5-6-12(13(7-11)21-2)22-8-15(16,17)18/h5-7,9-10H,3-4,8H2,1-2H3,(H,19,20). The molecule has 122 valence electrons. The van der Waals surface area contributed by atoms with Gasteiger partial charge in [-0.1, -0.05) is 6.07 Å². The second-order valence-corrected chi connectivity index (χ2v) is 5.32. The molecule has 7 heteroatoms. The minimum absolute atomic E-state index is 0.00358. The lowest BCUT2D eigenvalue weighted by atomic mass is 10.1.